The van der Waals surface area contributed by atoms with Crippen LogP contribution in [0.3, 0.4) is 0 Å². The van der Waals surface area contributed by atoms with Crippen molar-refractivity contribution in [2.45, 2.75) is 25.6 Å². The van der Waals surface area contributed by atoms with Crippen LogP contribution in [0.25, 0.3) is 33.9 Å². The van der Waals surface area contributed by atoms with E-state index in [1.54, 1.807) is 24.5 Å². The second kappa shape index (κ2) is 12.4. The summed E-state index contributed by atoms with van der Waals surface area (Å²) in [6.45, 7) is 7.65. The summed E-state index contributed by atoms with van der Waals surface area (Å²) in [4.78, 5) is 9.07. The molecule has 0 amide bonds. The molecule has 4 aromatic rings. The summed E-state index contributed by atoms with van der Waals surface area (Å²) in [5.74, 6) is 0.215. The van der Waals surface area contributed by atoms with Crippen molar-refractivity contribution in [2.75, 3.05) is 32.6 Å². The first-order valence-electron chi connectivity index (χ1n) is 12.6. The highest BCUT2D eigenvalue weighted by molar-refractivity contribution is 7.90. The lowest BCUT2D eigenvalue weighted by molar-refractivity contribution is 0.109. The van der Waals surface area contributed by atoms with Crippen molar-refractivity contribution in [3.05, 3.63) is 84.4 Å². The molecular formula is C29H33FN4O3S. The fraction of sp³-hybridized carbons (Fsp3) is 0.310. The zero-order valence-corrected chi connectivity index (χ0v) is 22.7. The molecule has 0 bridgehead atoms. The van der Waals surface area contributed by atoms with Crippen LogP contribution in [0.1, 0.15) is 24.3 Å². The number of halogens is 1. The molecule has 0 saturated carbocycles. The third-order valence-corrected chi connectivity index (χ3v) is 7.88. The van der Waals surface area contributed by atoms with E-state index < -0.39 is 15.2 Å². The highest BCUT2D eigenvalue weighted by Gasteiger charge is 2.31. The molecule has 1 aliphatic heterocycles. The number of nitrogens with one attached hydrogen (secondary N) is 1. The number of pyridine rings is 1. The molecule has 1 aliphatic rings. The van der Waals surface area contributed by atoms with Gasteiger partial charge in [-0.3, -0.25) is 4.98 Å². The van der Waals surface area contributed by atoms with E-state index in [2.05, 4.69) is 10.3 Å². The Kier molecular flexibility index (Phi) is 9.04. The van der Waals surface area contributed by atoms with E-state index in [4.69, 9.17) is 9.72 Å². The summed E-state index contributed by atoms with van der Waals surface area (Å²) in [6, 6.07) is 17.5. The van der Waals surface area contributed by atoms with Gasteiger partial charge < -0.3 is 14.6 Å². The number of sulfone groups is 1. The maximum Gasteiger partial charge on any atom is 0.168 e. The highest BCUT2D eigenvalue weighted by Crippen LogP contribution is 2.41. The number of hydrogen-bond acceptors (Lipinski definition) is 6. The molecule has 2 aromatic heterocycles. The Morgan fingerprint density at radius 3 is 2.18 bits per heavy atom. The van der Waals surface area contributed by atoms with Crippen molar-refractivity contribution in [1.82, 2.24) is 19.9 Å². The largest absolute Gasteiger partial charge is 0.379 e. The fourth-order valence-corrected chi connectivity index (χ4v) is 5.71. The van der Waals surface area contributed by atoms with Crippen molar-refractivity contribution in [3.8, 4) is 33.9 Å². The lowest BCUT2D eigenvalue weighted by Crippen LogP contribution is -2.30. The Morgan fingerprint density at radius 1 is 1.00 bits per heavy atom. The van der Waals surface area contributed by atoms with Crippen LogP contribution in [0.5, 0.6) is 0 Å². The van der Waals surface area contributed by atoms with E-state index in [-0.39, 0.29) is 5.82 Å². The SMILES string of the molecule is C1COCCN1.CCC(n1c(-c2ccccc2C)nc(-c2ccc(F)cc2)c1-c1ccncc1)S(C)(=O)=O. The summed E-state index contributed by atoms with van der Waals surface area (Å²) < 4.78 is 46.3. The van der Waals surface area contributed by atoms with Gasteiger partial charge in [0.15, 0.2) is 9.84 Å². The van der Waals surface area contributed by atoms with Gasteiger partial charge in [-0.1, -0.05) is 31.2 Å². The average molecular weight is 537 g/mol. The summed E-state index contributed by atoms with van der Waals surface area (Å²) >= 11 is 0. The normalized spacial score (nSPS) is 14.4. The quantitative estimate of drug-likeness (QED) is 0.361. The zero-order chi connectivity index (χ0) is 27.1. The molecule has 1 N–H and O–H groups in total. The van der Waals surface area contributed by atoms with Crippen LogP contribution in [0.15, 0.2) is 73.1 Å². The van der Waals surface area contributed by atoms with E-state index in [1.165, 1.54) is 18.4 Å². The van der Waals surface area contributed by atoms with Crippen LogP contribution in [0, 0.1) is 12.7 Å². The molecule has 1 fully saturated rings. The number of ether oxygens (including phenoxy) is 1. The number of morpholine rings is 1. The van der Waals surface area contributed by atoms with Crippen LogP contribution in [-0.2, 0) is 14.6 Å². The Hall–Kier alpha value is -3.40. The zero-order valence-electron chi connectivity index (χ0n) is 21.9. The Bertz CT molecular complexity index is 1440. The summed E-state index contributed by atoms with van der Waals surface area (Å²) in [7, 11) is -3.47. The average Bonchev–Trinajstić information content (AvgIpc) is 3.30. The van der Waals surface area contributed by atoms with Gasteiger partial charge in [0.05, 0.1) is 24.6 Å². The van der Waals surface area contributed by atoms with E-state index in [0.29, 0.717) is 29.2 Å². The minimum atomic E-state index is -3.47. The standard InChI is InChI=1S/C25H24FN3O2S.C4H9NO/c1-4-22(32(3,30)31)29-24(19-13-15-27-16-14-19)23(18-9-11-20(26)12-10-18)28-25(29)21-8-6-5-7-17(21)2;1-3-6-4-2-5-1/h5-16,22H,4H2,1-3H3;5H,1-4H2. The van der Waals surface area contributed by atoms with E-state index in [9.17, 15) is 12.8 Å². The van der Waals surface area contributed by atoms with Gasteiger partial charge in [0, 0.05) is 48.4 Å². The molecule has 9 heteroatoms. The third kappa shape index (κ3) is 6.35. The molecule has 0 radical (unpaired) electrons. The third-order valence-electron chi connectivity index (χ3n) is 6.35. The maximum atomic E-state index is 13.7. The molecule has 5 rings (SSSR count). The summed E-state index contributed by atoms with van der Waals surface area (Å²) in [6.07, 6.45) is 4.94. The number of aromatic nitrogens is 3. The molecule has 0 spiro atoms. The molecule has 2 aromatic carbocycles. The minimum Gasteiger partial charge on any atom is -0.379 e. The molecule has 3 heterocycles. The number of aryl methyl sites for hydroxylation is 1. The fourth-order valence-electron chi connectivity index (χ4n) is 4.51. The smallest absolute Gasteiger partial charge is 0.168 e. The monoisotopic (exact) mass is 536 g/mol. The van der Waals surface area contributed by atoms with Crippen LogP contribution < -0.4 is 5.32 Å². The van der Waals surface area contributed by atoms with Crippen molar-refractivity contribution in [2.24, 2.45) is 0 Å². The number of rotatable bonds is 6. The predicted molar refractivity (Wildman–Crippen MR) is 149 cm³/mol. The van der Waals surface area contributed by atoms with Gasteiger partial charge >= 0.3 is 0 Å². The Balaban J connectivity index is 0.000000494. The maximum absolute atomic E-state index is 13.7. The highest BCUT2D eigenvalue weighted by atomic mass is 32.2. The van der Waals surface area contributed by atoms with E-state index in [1.807, 2.05) is 54.8 Å². The molecule has 38 heavy (non-hydrogen) atoms. The number of imidazole rings is 1. The van der Waals surface area contributed by atoms with Gasteiger partial charge in [-0.15, -0.1) is 0 Å². The predicted octanol–water partition coefficient (Wildman–Crippen LogP) is 5.29. The van der Waals surface area contributed by atoms with Crippen LogP contribution in [-0.4, -0.2) is 55.5 Å². The van der Waals surface area contributed by atoms with Crippen LogP contribution in [0.2, 0.25) is 0 Å². The summed E-state index contributed by atoms with van der Waals surface area (Å²) in [5, 5.41) is 2.34. The topological polar surface area (TPSA) is 86.1 Å². The van der Waals surface area contributed by atoms with Crippen molar-refractivity contribution in [1.29, 1.82) is 0 Å². The molecule has 7 nitrogen and oxygen atoms in total. The van der Waals surface area contributed by atoms with Crippen molar-refractivity contribution >= 4 is 9.84 Å². The first-order valence-corrected chi connectivity index (χ1v) is 14.6. The molecular weight excluding hydrogens is 503 g/mol. The number of benzene rings is 2. The molecule has 0 aliphatic carbocycles. The van der Waals surface area contributed by atoms with E-state index >= 15 is 0 Å². The van der Waals surface area contributed by atoms with Crippen molar-refractivity contribution in [3.63, 3.8) is 0 Å². The number of nitrogens with zero attached hydrogens (tertiary/aromatic N) is 3. The minimum absolute atomic E-state index is 0.347. The van der Waals surface area contributed by atoms with Crippen molar-refractivity contribution < 1.29 is 17.5 Å². The van der Waals surface area contributed by atoms with Crippen LogP contribution in [0.4, 0.5) is 4.39 Å². The van der Waals surface area contributed by atoms with Crippen LogP contribution >= 0.6 is 0 Å². The Labute approximate surface area is 223 Å². The van der Waals surface area contributed by atoms with E-state index in [0.717, 1.165) is 43.0 Å². The molecule has 200 valence electrons. The molecule has 1 saturated heterocycles. The lowest BCUT2D eigenvalue weighted by Gasteiger charge is -2.22. The van der Waals surface area contributed by atoms with Gasteiger partial charge in [0.1, 0.15) is 17.0 Å². The van der Waals surface area contributed by atoms with Gasteiger partial charge in [0.2, 0.25) is 0 Å². The lowest BCUT2D eigenvalue weighted by atomic mass is 10.1. The van der Waals surface area contributed by atoms with Gasteiger partial charge in [-0.2, -0.15) is 0 Å². The van der Waals surface area contributed by atoms with Gasteiger partial charge in [-0.05, 0) is 55.3 Å². The first kappa shape index (κ1) is 27.6. The molecule has 1 atom stereocenters. The first-order chi connectivity index (χ1) is 18.3. The number of hydrogen-bond donors (Lipinski definition) is 1. The second-order valence-electron chi connectivity index (χ2n) is 9.12. The Morgan fingerprint density at radius 2 is 1.66 bits per heavy atom. The summed E-state index contributed by atoms with van der Waals surface area (Å²) in [5.41, 5.74) is 4.57. The molecule has 1 unspecified atom stereocenters. The van der Waals surface area contributed by atoms with Gasteiger partial charge in [0.25, 0.3) is 0 Å². The van der Waals surface area contributed by atoms with Gasteiger partial charge in [-0.25, -0.2) is 17.8 Å². The second-order valence-corrected chi connectivity index (χ2v) is 11.3.